The lowest BCUT2D eigenvalue weighted by Gasteiger charge is -2.19. The number of amides is 1. The number of carbonyl (C=O) groups excluding carboxylic acids is 1. The van der Waals surface area contributed by atoms with E-state index in [0.29, 0.717) is 12.3 Å². The Morgan fingerprint density at radius 2 is 2.40 bits per heavy atom. The van der Waals surface area contributed by atoms with Gasteiger partial charge in [0.2, 0.25) is 0 Å². The number of hydrogen-bond acceptors (Lipinski definition) is 4. The van der Waals surface area contributed by atoms with Crippen molar-refractivity contribution in [2.75, 3.05) is 11.9 Å². The second kappa shape index (κ2) is 5.34. The van der Waals surface area contributed by atoms with Crippen LogP contribution in [-0.4, -0.2) is 22.5 Å². The van der Waals surface area contributed by atoms with Crippen LogP contribution in [-0.2, 0) is 11.3 Å². The molecule has 0 saturated carbocycles. The van der Waals surface area contributed by atoms with Crippen LogP contribution in [0, 0.1) is 0 Å². The van der Waals surface area contributed by atoms with Gasteiger partial charge in [-0.05, 0) is 24.6 Å². The van der Waals surface area contributed by atoms with E-state index >= 15 is 0 Å². The quantitative estimate of drug-likeness (QED) is 0.789. The van der Waals surface area contributed by atoms with Crippen molar-refractivity contribution in [3.05, 3.63) is 42.0 Å². The first-order chi connectivity index (χ1) is 9.72. The first-order valence-corrected chi connectivity index (χ1v) is 6.50. The molecule has 1 aromatic heterocycles. The van der Waals surface area contributed by atoms with Crippen molar-refractivity contribution >= 4 is 11.6 Å². The Balaban J connectivity index is 1.66. The number of ether oxygens (including phenoxy) is 1. The number of carbonyl (C=O) groups is 1. The van der Waals surface area contributed by atoms with Gasteiger partial charge in [0.05, 0.1) is 11.7 Å². The summed E-state index contributed by atoms with van der Waals surface area (Å²) < 4.78 is 5.33. The molecule has 2 heterocycles. The molecule has 20 heavy (non-hydrogen) atoms. The lowest BCUT2D eigenvalue weighted by Crippen LogP contribution is -2.25. The average Bonchev–Trinajstić information content (AvgIpc) is 2.98. The second-order valence-electron chi connectivity index (χ2n) is 4.74. The Morgan fingerprint density at radius 3 is 3.20 bits per heavy atom. The molecular formula is C14H16N4O2. The number of fused-ring (bicyclic) bond motifs is 1. The monoisotopic (exact) mass is 272 g/mol. The highest BCUT2D eigenvalue weighted by molar-refractivity contribution is 5.95. The highest BCUT2D eigenvalue weighted by Gasteiger charge is 2.16. The molecule has 0 radical (unpaired) electrons. The molecule has 0 spiro atoms. The molecule has 0 aliphatic carbocycles. The van der Waals surface area contributed by atoms with Gasteiger partial charge in [0.1, 0.15) is 11.6 Å². The lowest BCUT2D eigenvalue weighted by atomic mass is 10.1. The van der Waals surface area contributed by atoms with Crippen LogP contribution in [0.15, 0.2) is 30.6 Å². The van der Waals surface area contributed by atoms with E-state index in [-0.39, 0.29) is 18.6 Å². The van der Waals surface area contributed by atoms with E-state index in [0.717, 1.165) is 17.1 Å². The number of H-pyrrole nitrogens is 1. The summed E-state index contributed by atoms with van der Waals surface area (Å²) in [5.41, 5.74) is 1.80. The standard InChI is InChI=1S/C14H16N4O2/c1-9(14-15-4-5-16-14)17-7-10-2-3-12-11(6-10)18-13(19)8-20-12/h2-6,9,17H,7-8H2,1H3,(H,15,16)(H,18,19). The van der Waals surface area contributed by atoms with Crippen molar-refractivity contribution in [3.8, 4) is 5.75 Å². The van der Waals surface area contributed by atoms with Crippen molar-refractivity contribution in [2.45, 2.75) is 19.5 Å². The van der Waals surface area contributed by atoms with E-state index < -0.39 is 0 Å². The SMILES string of the molecule is CC(NCc1ccc2c(c1)NC(=O)CO2)c1ncc[nH]1. The highest BCUT2D eigenvalue weighted by atomic mass is 16.5. The van der Waals surface area contributed by atoms with Crippen molar-refractivity contribution in [1.29, 1.82) is 0 Å². The van der Waals surface area contributed by atoms with E-state index in [1.807, 2.05) is 25.1 Å². The van der Waals surface area contributed by atoms with Gasteiger partial charge in [-0.15, -0.1) is 0 Å². The van der Waals surface area contributed by atoms with E-state index in [2.05, 4.69) is 20.6 Å². The minimum absolute atomic E-state index is 0.0835. The fraction of sp³-hybridized carbons (Fsp3) is 0.286. The first kappa shape index (κ1) is 12.7. The van der Waals surface area contributed by atoms with Gasteiger partial charge < -0.3 is 20.4 Å². The van der Waals surface area contributed by atoms with E-state index in [1.54, 1.807) is 12.4 Å². The molecule has 0 saturated heterocycles. The molecule has 1 atom stereocenters. The smallest absolute Gasteiger partial charge is 0.262 e. The molecule has 0 fully saturated rings. The van der Waals surface area contributed by atoms with Crippen LogP contribution in [0.4, 0.5) is 5.69 Å². The molecular weight excluding hydrogens is 256 g/mol. The Hall–Kier alpha value is -2.34. The van der Waals surface area contributed by atoms with Gasteiger partial charge in [-0.1, -0.05) is 6.07 Å². The number of imidazole rings is 1. The van der Waals surface area contributed by atoms with Crippen molar-refractivity contribution in [2.24, 2.45) is 0 Å². The van der Waals surface area contributed by atoms with Gasteiger partial charge in [-0.25, -0.2) is 4.98 Å². The van der Waals surface area contributed by atoms with Crippen LogP contribution < -0.4 is 15.4 Å². The van der Waals surface area contributed by atoms with Crippen LogP contribution in [0.5, 0.6) is 5.75 Å². The summed E-state index contributed by atoms with van der Waals surface area (Å²) in [7, 11) is 0. The summed E-state index contributed by atoms with van der Waals surface area (Å²) in [4.78, 5) is 18.6. The Bertz CT molecular complexity index is 610. The van der Waals surface area contributed by atoms with Crippen molar-refractivity contribution in [3.63, 3.8) is 0 Å². The molecule has 6 heteroatoms. The predicted octanol–water partition coefficient (Wildman–Crippen LogP) is 1.59. The van der Waals surface area contributed by atoms with E-state index in [1.165, 1.54) is 0 Å². The molecule has 1 unspecified atom stereocenters. The van der Waals surface area contributed by atoms with Gasteiger partial charge in [-0.3, -0.25) is 4.79 Å². The molecule has 6 nitrogen and oxygen atoms in total. The van der Waals surface area contributed by atoms with Crippen LogP contribution in [0.3, 0.4) is 0 Å². The number of nitrogens with zero attached hydrogens (tertiary/aromatic N) is 1. The van der Waals surface area contributed by atoms with Crippen LogP contribution in [0.25, 0.3) is 0 Å². The molecule has 1 amide bonds. The van der Waals surface area contributed by atoms with E-state index in [4.69, 9.17) is 4.74 Å². The third kappa shape index (κ3) is 2.65. The number of aromatic nitrogens is 2. The number of rotatable bonds is 4. The molecule has 104 valence electrons. The Labute approximate surface area is 116 Å². The number of hydrogen-bond donors (Lipinski definition) is 3. The average molecular weight is 272 g/mol. The first-order valence-electron chi connectivity index (χ1n) is 6.50. The van der Waals surface area contributed by atoms with Gasteiger partial charge in [-0.2, -0.15) is 0 Å². The number of nitrogens with one attached hydrogen (secondary N) is 3. The van der Waals surface area contributed by atoms with Gasteiger partial charge in [0, 0.05) is 18.9 Å². The zero-order valence-electron chi connectivity index (χ0n) is 11.1. The fourth-order valence-electron chi connectivity index (χ4n) is 2.12. The molecule has 3 N–H and O–H groups in total. The summed E-state index contributed by atoms with van der Waals surface area (Å²) in [5, 5.41) is 6.18. The van der Waals surface area contributed by atoms with Crippen molar-refractivity contribution in [1.82, 2.24) is 15.3 Å². The maximum Gasteiger partial charge on any atom is 0.262 e. The van der Waals surface area contributed by atoms with Crippen LogP contribution >= 0.6 is 0 Å². The summed E-state index contributed by atoms with van der Waals surface area (Å²) >= 11 is 0. The third-order valence-corrected chi connectivity index (χ3v) is 3.22. The lowest BCUT2D eigenvalue weighted by molar-refractivity contribution is -0.118. The summed E-state index contributed by atoms with van der Waals surface area (Å²) in [6.45, 7) is 2.81. The van der Waals surface area contributed by atoms with E-state index in [9.17, 15) is 4.79 Å². The minimum atomic E-state index is -0.119. The molecule has 2 aromatic rings. The topological polar surface area (TPSA) is 79.0 Å². The normalized spacial score (nSPS) is 15.2. The predicted molar refractivity (Wildman–Crippen MR) is 74.4 cm³/mol. The highest BCUT2D eigenvalue weighted by Crippen LogP contribution is 2.28. The number of aromatic amines is 1. The maximum absolute atomic E-state index is 11.3. The third-order valence-electron chi connectivity index (χ3n) is 3.22. The summed E-state index contributed by atoms with van der Waals surface area (Å²) in [6.07, 6.45) is 3.54. The number of benzene rings is 1. The van der Waals surface area contributed by atoms with Gasteiger partial charge in [0.25, 0.3) is 5.91 Å². The van der Waals surface area contributed by atoms with Crippen molar-refractivity contribution < 1.29 is 9.53 Å². The largest absolute Gasteiger partial charge is 0.482 e. The van der Waals surface area contributed by atoms with Gasteiger partial charge in [0.15, 0.2) is 6.61 Å². The Kier molecular flexibility index (Phi) is 3.39. The molecule has 1 aliphatic heterocycles. The fourth-order valence-corrected chi connectivity index (χ4v) is 2.12. The molecule has 3 rings (SSSR count). The van der Waals surface area contributed by atoms with Crippen LogP contribution in [0.1, 0.15) is 24.4 Å². The maximum atomic E-state index is 11.3. The number of anilines is 1. The Morgan fingerprint density at radius 1 is 1.50 bits per heavy atom. The minimum Gasteiger partial charge on any atom is -0.482 e. The zero-order chi connectivity index (χ0) is 13.9. The van der Waals surface area contributed by atoms with Crippen LogP contribution in [0.2, 0.25) is 0 Å². The summed E-state index contributed by atoms with van der Waals surface area (Å²) in [6, 6.07) is 5.92. The second-order valence-corrected chi connectivity index (χ2v) is 4.74. The molecule has 0 bridgehead atoms. The molecule has 1 aliphatic rings. The van der Waals surface area contributed by atoms with Gasteiger partial charge >= 0.3 is 0 Å². The molecule has 1 aromatic carbocycles. The summed E-state index contributed by atoms with van der Waals surface area (Å²) in [5.74, 6) is 1.50. The zero-order valence-corrected chi connectivity index (χ0v) is 11.1.